The molecule has 0 bridgehead atoms. The van der Waals surface area contributed by atoms with E-state index in [2.05, 4.69) is 417 Å². The second-order valence-electron chi connectivity index (χ2n) is 29.5. The highest BCUT2D eigenvalue weighted by Gasteiger charge is 2.52. The molecule has 0 N–H and O–H groups in total. The van der Waals surface area contributed by atoms with Crippen LogP contribution in [0.25, 0.3) is 136 Å². The standard InChI is InChI=1S/C48H31NS2.C36H29BO2S2.C18H14BrN/c1-3-11-38(12-4-1)49(39-13-5-2-6-14-39)40-23-19-32(20-24-40)35-27-36(33-21-25-43-41-15-7-9-17-45(41)50-47(43)30-33)29-37(28-35)34-22-26-44-42-16-8-10-18-46(42)51-48(44)31-34;1-35(2)36(3,4)39-37(38-35)26-18-24(22-13-15-29-27-9-5-7-11-31(27)40-33(29)20-22)17-25(19-26)23-14-16-30-28-10-6-8-12-32(28)41-34(30)21-23;19-15-11-13-18(14-12-15)20(16-7-3-1-4-8-16)17-9-5-2-6-10-17/h1-31H;5-21H,1-4H3;1-14H. The van der Waals surface area contributed by atoms with E-state index in [0.717, 1.165) is 44.1 Å². The highest BCUT2D eigenvalue weighted by atomic mass is 79.9. The molecule has 0 unspecified atom stereocenters. The first-order chi connectivity index (χ1) is 54.8. The van der Waals surface area contributed by atoms with E-state index in [-0.39, 0.29) is 0 Å². The van der Waals surface area contributed by atoms with E-state index in [0.29, 0.717) is 0 Å². The molecule has 1 saturated heterocycles. The fourth-order valence-corrected chi connectivity index (χ4v) is 20.3. The lowest BCUT2D eigenvalue weighted by Gasteiger charge is -2.32. The van der Waals surface area contributed by atoms with Crippen molar-refractivity contribution < 1.29 is 9.31 Å². The fourth-order valence-electron chi connectivity index (χ4n) is 15.4. The van der Waals surface area contributed by atoms with Crippen LogP contribution in [0, 0.1) is 0 Å². The smallest absolute Gasteiger partial charge is 0.399 e. The molecule has 21 rings (SSSR count). The van der Waals surface area contributed by atoms with Crippen molar-refractivity contribution >= 4 is 189 Å². The number of nitrogens with zero attached hydrogens (tertiary/aromatic N) is 2. The van der Waals surface area contributed by atoms with Gasteiger partial charge in [0.05, 0.1) is 11.2 Å². The number of anilines is 6. The second-order valence-corrected chi connectivity index (χ2v) is 34.8. The highest BCUT2D eigenvalue weighted by Crippen LogP contribution is 2.46. The lowest BCUT2D eigenvalue weighted by Crippen LogP contribution is -2.41. The molecule has 112 heavy (non-hydrogen) atoms. The van der Waals surface area contributed by atoms with Gasteiger partial charge < -0.3 is 19.1 Å². The Morgan fingerprint density at radius 3 is 0.759 bits per heavy atom. The van der Waals surface area contributed by atoms with Crippen molar-refractivity contribution in [3.63, 3.8) is 0 Å². The van der Waals surface area contributed by atoms with Gasteiger partial charge in [0, 0.05) is 119 Å². The summed E-state index contributed by atoms with van der Waals surface area (Å²) in [5.41, 5.74) is 19.1. The Bertz CT molecular complexity index is 6500. The molecule has 4 nitrogen and oxygen atoms in total. The van der Waals surface area contributed by atoms with Crippen molar-refractivity contribution in [2.24, 2.45) is 0 Å². The largest absolute Gasteiger partial charge is 0.494 e. The minimum atomic E-state index is -0.431. The molecule has 16 aromatic carbocycles. The molecule has 0 radical (unpaired) electrons. The highest BCUT2D eigenvalue weighted by molar-refractivity contribution is 9.10. The summed E-state index contributed by atoms with van der Waals surface area (Å²) >= 11 is 10.9. The van der Waals surface area contributed by atoms with Gasteiger partial charge in [0.1, 0.15) is 0 Å². The number of hydrogen-bond acceptors (Lipinski definition) is 8. The van der Waals surface area contributed by atoms with Gasteiger partial charge in [-0.25, -0.2) is 0 Å². The van der Waals surface area contributed by atoms with Gasteiger partial charge in [0.25, 0.3) is 0 Å². The zero-order valence-electron chi connectivity index (χ0n) is 62.1. The van der Waals surface area contributed by atoms with Crippen molar-refractivity contribution in [2.75, 3.05) is 9.80 Å². The van der Waals surface area contributed by atoms with Gasteiger partial charge in [0.2, 0.25) is 0 Å². The summed E-state index contributed by atoms with van der Waals surface area (Å²) in [5.74, 6) is 0. The van der Waals surface area contributed by atoms with Gasteiger partial charge in [0.15, 0.2) is 0 Å². The van der Waals surface area contributed by atoms with E-state index >= 15 is 0 Å². The van der Waals surface area contributed by atoms with Crippen LogP contribution in [-0.2, 0) is 9.31 Å². The number of halogens is 1. The molecular formula is C102H74BBrN2O2S4. The van der Waals surface area contributed by atoms with Crippen molar-refractivity contribution in [1.29, 1.82) is 0 Å². The quantitative estimate of drug-likeness (QED) is 0.114. The van der Waals surface area contributed by atoms with Crippen LogP contribution in [0.1, 0.15) is 27.7 Å². The van der Waals surface area contributed by atoms with Crippen LogP contribution in [0.15, 0.2) is 381 Å². The van der Waals surface area contributed by atoms with Crippen molar-refractivity contribution in [2.45, 2.75) is 38.9 Å². The SMILES string of the molecule is Brc1ccc(N(c2ccccc2)c2ccccc2)cc1.CC1(C)OB(c2cc(-c3ccc4c(c3)sc3ccccc34)cc(-c3ccc4c(c3)sc3ccccc34)c2)OC1(C)C.c1ccc(N(c2ccccc2)c2ccc(-c3cc(-c4ccc5c(c4)sc4ccccc45)cc(-c4ccc5c(c4)sc4ccccc45)c3)cc2)cc1. The molecule has 4 aromatic heterocycles. The van der Waals surface area contributed by atoms with E-state index in [1.807, 2.05) is 57.5 Å². The zero-order valence-corrected chi connectivity index (χ0v) is 66.9. The van der Waals surface area contributed by atoms with E-state index in [1.165, 1.54) is 136 Å². The minimum Gasteiger partial charge on any atom is -0.399 e. The van der Waals surface area contributed by atoms with Gasteiger partial charge >= 0.3 is 7.12 Å². The molecule has 20 aromatic rings. The third-order valence-electron chi connectivity index (χ3n) is 21.9. The van der Waals surface area contributed by atoms with Gasteiger partial charge in [-0.1, -0.05) is 234 Å². The maximum absolute atomic E-state index is 6.53. The van der Waals surface area contributed by atoms with Crippen LogP contribution in [-0.4, -0.2) is 18.3 Å². The summed E-state index contributed by atoms with van der Waals surface area (Å²) in [6.07, 6.45) is 0. The van der Waals surface area contributed by atoms with Crippen LogP contribution in [0.4, 0.5) is 34.1 Å². The maximum atomic E-state index is 6.53. The molecule has 0 atom stereocenters. The predicted octanol–water partition coefficient (Wildman–Crippen LogP) is 30.9. The third kappa shape index (κ3) is 13.9. The van der Waals surface area contributed by atoms with E-state index in [9.17, 15) is 0 Å². The Balaban J connectivity index is 0.000000123. The molecule has 10 heteroatoms. The molecule has 0 saturated carbocycles. The van der Waals surface area contributed by atoms with Crippen LogP contribution in [0.2, 0.25) is 0 Å². The molecule has 5 heterocycles. The molecule has 0 aliphatic carbocycles. The summed E-state index contributed by atoms with van der Waals surface area (Å²) in [4.78, 5) is 4.55. The molecule has 1 fully saturated rings. The van der Waals surface area contributed by atoms with Crippen molar-refractivity contribution in [3.05, 3.63) is 381 Å². The summed E-state index contributed by atoms with van der Waals surface area (Å²) in [6, 6.07) is 136. The van der Waals surface area contributed by atoms with Crippen LogP contribution in [0.3, 0.4) is 0 Å². The molecular weight excluding hydrogens is 1500 g/mol. The van der Waals surface area contributed by atoms with Gasteiger partial charge in [-0.15, -0.1) is 45.3 Å². The summed E-state index contributed by atoms with van der Waals surface area (Å²) in [7, 11) is -0.431. The molecule has 0 amide bonds. The molecule has 1 aliphatic heterocycles. The summed E-state index contributed by atoms with van der Waals surface area (Å²) in [6.45, 7) is 8.45. The average Bonchev–Trinajstić information content (AvgIpc) is 1.56. The Hall–Kier alpha value is -11.5. The maximum Gasteiger partial charge on any atom is 0.494 e. The lowest BCUT2D eigenvalue weighted by atomic mass is 9.76. The zero-order chi connectivity index (χ0) is 75.4. The first-order valence-electron chi connectivity index (χ1n) is 37.8. The monoisotopic (exact) mass is 1580 g/mol. The first-order valence-corrected chi connectivity index (χ1v) is 41.9. The number of hydrogen-bond donors (Lipinski definition) is 0. The number of fused-ring (bicyclic) bond motifs is 12. The van der Waals surface area contributed by atoms with Crippen molar-refractivity contribution in [1.82, 2.24) is 0 Å². The fraction of sp³-hybridized carbons (Fsp3) is 0.0588. The number of benzene rings is 16. The Kier molecular flexibility index (Phi) is 18.9. The van der Waals surface area contributed by atoms with Gasteiger partial charge in [-0.05, 0) is 247 Å². The molecule has 1 aliphatic rings. The molecule has 538 valence electrons. The second kappa shape index (κ2) is 29.9. The average molecular weight is 1580 g/mol. The van der Waals surface area contributed by atoms with Crippen molar-refractivity contribution in [3.8, 4) is 55.6 Å². The van der Waals surface area contributed by atoms with E-state index in [1.54, 1.807) is 0 Å². The Morgan fingerprint density at radius 1 is 0.223 bits per heavy atom. The summed E-state index contributed by atoms with van der Waals surface area (Å²) in [5, 5.41) is 10.6. The summed E-state index contributed by atoms with van der Waals surface area (Å²) < 4.78 is 24.7. The number of para-hydroxylation sites is 4. The van der Waals surface area contributed by atoms with Gasteiger partial charge in [-0.2, -0.15) is 0 Å². The number of thiophene rings is 4. The van der Waals surface area contributed by atoms with Crippen LogP contribution < -0.4 is 15.3 Å². The van der Waals surface area contributed by atoms with Gasteiger partial charge in [-0.3, -0.25) is 0 Å². The lowest BCUT2D eigenvalue weighted by molar-refractivity contribution is 0.00578. The predicted molar refractivity (Wildman–Crippen MR) is 491 cm³/mol. The number of rotatable bonds is 12. The normalized spacial score (nSPS) is 13.1. The Labute approximate surface area is 677 Å². The molecule has 0 spiro atoms. The van der Waals surface area contributed by atoms with Crippen LogP contribution in [0.5, 0.6) is 0 Å². The first kappa shape index (κ1) is 70.8. The van der Waals surface area contributed by atoms with Crippen LogP contribution >= 0.6 is 61.3 Å². The Morgan fingerprint density at radius 2 is 0.455 bits per heavy atom. The third-order valence-corrected chi connectivity index (χ3v) is 26.9. The van der Waals surface area contributed by atoms with E-state index in [4.69, 9.17) is 9.31 Å². The topological polar surface area (TPSA) is 24.9 Å². The van der Waals surface area contributed by atoms with E-state index < -0.39 is 18.3 Å². The minimum absolute atomic E-state index is 0.403.